The number of nitrogens with one attached hydrogen (secondary N) is 1. The quantitative estimate of drug-likeness (QED) is 0.747. The maximum Gasteiger partial charge on any atom is 0.239 e. The maximum atomic E-state index is 13.0. The number of amides is 1. The summed E-state index contributed by atoms with van der Waals surface area (Å²) < 4.78 is 43.6. The van der Waals surface area contributed by atoms with E-state index in [0.29, 0.717) is 17.0 Å². The van der Waals surface area contributed by atoms with Gasteiger partial charge in [0.25, 0.3) is 0 Å². The van der Waals surface area contributed by atoms with E-state index in [1.807, 2.05) is 13.8 Å². The second kappa shape index (κ2) is 8.96. The van der Waals surface area contributed by atoms with Gasteiger partial charge in [0, 0.05) is 12.2 Å². The van der Waals surface area contributed by atoms with Crippen molar-refractivity contribution in [1.82, 2.24) is 4.31 Å². The van der Waals surface area contributed by atoms with Gasteiger partial charge in [-0.2, -0.15) is 4.31 Å². The van der Waals surface area contributed by atoms with Gasteiger partial charge in [0.15, 0.2) is 0 Å². The van der Waals surface area contributed by atoms with Crippen LogP contribution in [0.4, 0.5) is 10.1 Å². The number of anilines is 1. The van der Waals surface area contributed by atoms with Crippen LogP contribution in [0.25, 0.3) is 0 Å². The normalized spacial score (nSPS) is 11.6. The zero-order chi connectivity index (χ0) is 20.0. The molecule has 0 heterocycles. The summed E-state index contributed by atoms with van der Waals surface area (Å²) in [6, 6.07) is 12.3. The lowest BCUT2D eigenvalue weighted by molar-refractivity contribution is -0.116. The smallest absolute Gasteiger partial charge is 0.239 e. The molecule has 0 saturated carbocycles. The maximum absolute atomic E-state index is 13.0. The van der Waals surface area contributed by atoms with Crippen molar-refractivity contribution in [2.75, 3.05) is 18.1 Å². The molecule has 0 saturated heterocycles. The Kier molecular flexibility index (Phi) is 6.92. The number of hydrogen-bond acceptors (Lipinski definition) is 4. The predicted molar refractivity (Wildman–Crippen MR) is 102 cm³/mol. The van der Waals surface area contributed by atoms with Crippen LogP contribution >= 0.6 is 0 Å². The third-order valence-corrected chi connectivity index (χ3v) is 4.77. The molecule has 1 amide bonds. The standard InChI is InChI=1S/C19H23FN2O4S/c1-14(2)26-18-10-8-17(9-11-18)21-19(23)13-22(27(3,24)25)12-15-4-6-16(20)7-5-15/h4-11,14H,12-13H2,1-3H3,(H,21,23). The van der Waals surface area contributed by atoms with E-state index in [1.54, 1.807) is 24.3 Å². The first-order valence-electron chi connectivity index (χ1n) is 8.39. The van der Waals surface area contributed by atoms with Crippen LogP contribution in [0, 0.1) is 5.82 Å². The van der Waals surface area contributed by atoms with Crippen molar-refractivity contribution in [3.8, 4) is 5.75 Å². The zero-order valence-electron chi connectivity index (χ0n) is 15.5. The van der Waals surface area contributed by atoms with Crippen LogP contribution in [-0.4, -0.2) is 37.5 Å². The van der Waals surface area contributed by atoms with Crippen LogP contribution in [0.15, 0.2) is 48.5 Å². The minimum Gasteiger partial charge on any atom is -0.491 e. The average molecular weight is 394 g/mol. The Balaban J connectivity index is 2.02. The van der Waals surface area contributed by atoms with Gasteiger partial charge in [-0.05, 0) is 55.8 Å². The summed E-state index contributed by atoms with van der Waals surface area (Å²) in [5.74, 6) is -0.204. The topological polar surface area (TPSA) is 75.7 Å². The lowest BCUT2D eigenvalue weighted by atomic mass is 10.2. The molecule has 6 nitrogen and oxygen atoms in total. The van der Waals surface area contributed by atoms with Crippen LogP contribution in [0.5, 0.6) is 5.75 Å². The first kappa shape index (κ1) is 20.9. The molecule has 2 aromatic rings. The van der Waals surface area contributed by atoms with Gasteiger partial charge in [0.1, 0.15) is 11.6 Å². The van der Waals surface area contributed by atoms with Crippen molar-refractivity contribution < 1.29 is 22.3 Å². The molecule has 0 spiro atoms. The number of ether oxygens (including phenoxy) is 1. The van der Waals surface area contributed by atoms with Gasteiger partial charge in [0.2, 0.25) is 15.9 Å². The minimum atomic E-state index is -3.62. The highest BCUT2D eigenvalue weighted by atomic mass is 32.2. The average Bonchev–Trinajstić information content (AvgIpc) is 2.56. The summed E-state index contributed by atoms with van der Waals surface area (Å²) in [6.45, 7) is 3.46. The highest BCUT2D eigenvalue weighted by Crippen LogP contribution is 2.17. The van der Waals surface area contributed by atoms with Crippen LogP contribution in [0.1, 0.15) is 19.4 Å². The number of carbonyl (C=O) groups is 1. The zero-order valence-corrected chi connectivity index (χ0v) is 16.3. The van der Waals surface area contributed by atoms with Crippen molar-refractivity contribution in [2.45, 2.75) is 26.5 Å². The van der Waals surface area contributed by atoms with E-state index in [1.165, 1.54) is 24.3 Å². The summed E-state index contributed by atoms with van der Waals surface area (Å²) >= 11 is 0. The third-order valence-electron chi connectivity index (χ3n) is 3.57. The van der Waals surface area contributed by atoms with Gasteiger partial charge < -0.3 is 10.1 Å². The Hall–Kier alpha value is -2.45. The third kappa shape index (κ3) is 6.99. The van der Waals surface area contributed by atoms with Crippen LogP contribution in [-0.2, 0) is 21.4 Å². The Morgan fingerprint density at radius 2 is 1.70 bits per heavy atom. The molecule has 0 aliphatic rings. The summed E-state index contributed by atoms with van der Waals surface area (Å²) in [4.78, 5) is 12.3. The van der Waals surface area contributed by atoms with Crippen molar-refractivity contribution in [3.05, 3.63) is 59.9 Å². The molecular formula is C19H23FN2O4S. The molecule has 27 heavy (non-hydrogen) atoms. The molecule has 1 N–H and O–H groups in total. The SMILES string of the molecule is CC(C)Oc1ccc(NC(=O)CN(Cc2ccc(F)cc2)S(C)(=O)=O)cc1. The largest absolute Gasteiger partial charge is 0.491 e. The number of nitrogens with zero attached hydrogens (tertiary/aromatic N) is 1. The molecule has 0 aliphatic carbocycles. The van der Waals surface area contributed by atoms with Crippen molar-refractivity contribution in [2.24, 2.45) is 0 Å². The van der Waals surface area contributed by atoms with Gasteiger partial charge >= 0.3 is 0 Å². The highest BCUT2D eigenvalue weighted by molar-refractivity contribution is 7.88. The van der Waals surface area contributed by atoms with E-state index < -0.39 is 21.7 Å². The Bertz CT molecular complexity index is 866. The molecular weight excluding hydrogens is 371 g/mol. The second-order valence-corrected chi connectivity index (χ2v) is 8.38. The number of halogens is 1. The molecule has 2 aromatic carbocycles. The molecule has 0 unspecified atom stereocenters. The molecule has 0 fully saturated rings. The minimum absolute atomic E-state index is 0.0201. The highest BCUT2D eigenvalue weighted by Gasteiger charge is 2.20. The van der Waals surface area contributed by atoms with E-state index in [9.17, 15) is 17.6 Å². The van der Waals surface area contributed by atoms with E-state index >= 15 is 0 Å². The van der Waals surface area contributed by atoms with Gasteiger partial charge in [-0.3, -0.25) is 4.79 Å². The molecule has 0 radical (unpaired) electrons. The number of hydrogen-bond donors (Lipinski definition) is 1. The lowest BCUT2D eigenvalue weighted by Gasteiger charge is -2.19. The van der Waals surface area contributed by atoms with E-state index in [2.05, 4.69) is 5.32 Å². The fourth-order valence-corrected chi connectivity index (χ4v) is 3.07. The van der Waals surface area contributed by atoms with Crippen LogP contribution in [0.2, 0.25) is 0 Å². The fourth-order valence-electron chi connectivity index (χ4n) is 2.33. The summed E-state index contributed by atoms with van der Waals surface area (Å²) in [7, 11) is -3.62. The van der Waals surface area contributed by atoms with Crippen molar-refractivity contribution >= 4 is 21.6 Å². The fraction of sp³-hybridized carbons (Fsp3) is 0.316. The number of benzene rings is 2. The molecule has 2 rings (SSSR count). The van der Waals surface area contributed by atoms with Crippen LogP contribution < -0.4 is 10.1 Å². The number of carbonyl (C=O) groups excluding carboxylic acids is 1. The van der Waals surface area contributed by atoms with Crippen molar-refractivity contribution in [3.63, 3.8) is 0 Å². The second-order valence-electron chi connectivity index (χ2n) is 6.40. The van der Waals surface area contributed by atoms with Crippen LogP contribution in [0.3, 0.4) is 0 Å². The Morgan fingerprint density at radius 1 is 1.11 bits per heavy atom. The number of rotatable bonds is 8. The first-order chi connectivity index (χ1) is 12.6. The van der Waals surface area contributed by atoms with Gasteiger partial charge in [-0.25, -0.2) is 12.8 Å². The van der Waals surface area contributed by atoms with E-state index in [-0.39, 0.29) is 19.2 Å². The summed E-state index contributed by atoms with van der Waals surface area (Å²) in [5, 5.41) is 2.66. The predicted octanol–water partition coefficient (Wildman–Crippen LogP) is 3.01. The summed E-state index contributed by atoms with van der Waals surface area (Å²) in [6.07, 6.45) is 1.07. The molecule has 0 atom stereocenters. The number of sulfonamides is 1. The first-order valence-corrected chi connectivity index (χ1v) is 10.2. The molecule has 0 aromatic heterocycles. The molecule has 8 heteroatoms. The molecule has 146 valence electrons. The van der Waals surface area contributed by atoms with E-state index in [0.717, 1.165) is 10.6 Å². The summed E-state index contributed by atoms with van der Waals surface area (Å²) in [5.41, 5.74) is 1.12. The molecule has 0 bridgehead atoms. The molecule has 0 aliphatic heterocycles. The Labute approximate surface area is 159 Å². The van der Waals surface area contributed by atoms with Gasteiger partial charge in [-0.15, -0.1) is 0 Å². The van der Waals surface area contributed by atoms with Crippen molar-refractivity contribution in [1.29, 1.82) is 0 Å². The van der Waals surface area contributed by atoms with Gasteiger partial charge in [0.05, 0.1) is 18.9 Å². The van der Waals surface area contributed by atoms with E-state index in [4.69, 9.17) is 4.74 Å². The lowest BCUT2D eigenvalue weighted by Crippen LogP contribution is -2.36. The Morgan fingerprint density at radius 3 is 2.22 bits per heavy atom. The van der Waals surface area contributed by atoms with Gasteiger partial charge in [-0.1, -0.05) is 12.1 Å². The monoisotopic (exact) mass is 394 g/mol.